The standard InChI is InChI=1S/C18H18Cl2N2O3S/c19-16-9-8-15(11-17(16)20)26(24,25)22-14-7-3-4-12(10-14)18(23)21-13-5-1-2-6-13/h3-4,7-11,13,22H,1-2,5-6H2,(H,21,23). The lowest BCUT2D eigenvalue weighted by Gasteiger charge is -2.13. The SMILES string of the molecule is O=C(NC1CCCC1)c1cccc(NS(=O)(=O)c2ccc(Cl)c(Cl)c2)c1. The highest BCUT2D eigenvalue weighted by molar-refractivity contribution is 7.92. The number of sulfonamides is 1. The molecule has 2 aromatic rings. The summed E-state index contributed by atoms with van der Waals surface area (Å²) in [5, 5.41) is 3.41. The molecule has 0 bridgehead atoms. The van der Waals surface area contributed by atoms with Crippen LogP contribution in [0.5, 0.6) is 0 Å². The number of hydrogen-bond acceptors (Lipinski definition) is 3. The predicted molar refractivity (Wildman–Crippen MR) is 103 cm³/mol. The molecule has 0 heterocycles. The number of anilines is 1. The van der Waals surface area contributed by atoms with Crippen LogP contribution < -0.4 is 10.0 Å². The molecule has 0 radical (unpaired) electrons. The molecule has 1 aliphatic rings. The largest absolute Gasteiger partial charge is 0.349 e. The van der Waals surface area contributed by atoms with Crippen molar-refractivity contribution in [3.8, 4) is 0 Å². The third kappa shape index (κ3) is 4.50. The Balaban J connectivity index is 1.77. The Morgan fingerprint density at radius 2 is 1.73 bits per heavy atom. The van der Waals surface area contributed by atoms with Gasteiger partial charge in [0.15, 0.2) is 0 Å². The van der Waals surface area contributed by atoms with E-state index in [1.165, 1.54) is 24.3 Å². The second-order valence-corrected chi connectivity index (χ2v) is 8.71. The van der Waals surface area contributed by atoms with E-state index in [9.17, 15) is 13.2 Å². The molecule has 3 rings (SSSR count). The molecule has 1 fully saturated rings. The molecule has 138 valence electrons. The second kappa shape index (κ2) is 7.86. The van der Waals surface area contributed by atoms with Gasteiger partial charge >= 0.3 is 0 Å². The number of rotatable bonds is 5. The van der Waals surface area contributed by atoms with Crippen molar-refractivity contribution >= 4 is 44.8 Å². The lowest BCUT2D eigenvalue weighted by Crippen LogP contribution is -2.32. The third-order valence-electron chi connectivity index (χ3n) is 4.27. The maximum Gasteiger partial charge on any atom is 0.261 e. The van der Waals surface area contributed by atoms with Gasteiger partial charge in [-0.1, -0.05) is 42.1 Å². The van der Waals surface area contributed by atoms with E-state index in [4.69, 9.17) is 23.2 Å². The summed E-state index contributed by atoms with van der Waals surface area (Å²) in [7, 11) is -3.84. The van der Waals surface area contributed by atoms with Gasteiger partial charge in [-0.3, -0.25) is 9.52 Å². The summed E-state index contributed by atoms with van der Waals surface area (Å²) >= 11 is 11.7. The van der Waals surface area contributed by atoms with Crippen LogP contribution in [0.2, 0.25) is 10.0 Å². The topological polar surface area (TPSA) is 75.3 Å². The Morgan fingerprint density at radius 3 is 2.42 bits per heavy atom. The Kier molecular flexibility index (Phi) is 5.75. The predicted octanol–water partition coefficient (Wildman–Crippen LogP) is 4.47. The zero-order chi connectivity index (χ0) is 18.7. The number of carbonyl (C=O) groups is 1. The van der Waals surface area contributed by atoms with E-state index >= 15 is 0 Å². The smallest absolute Gasteiger partial charge is 0.261 e. The maximum absolute atomic E-state index is 12.5. The first-order valence-corrected chi connectivity index (χ1v) is 10.5. The van der Waals surface area contributed by atoms with Crippen LogP contribution >= 0.6 is 23.2 Å². The minimum atomic E-state index is -3.84. The van der Waals surface area contributed by atoms with Crippen LogP contribution in [0.15, 0.2) is 47.4 Å². The molecule has 0 atom stereocenters. The Labute approximate surface area is 162 Å². The number of carbonyl (C=O) groups excluding carboxylic acids is 1. The normalized spacial score (nSPS) is 15.0. The molecule has 1 aliphatic carbocycles. The summed E-state index contributed by atoms with van der Waals surface area (Å²) in [6.07, 6.45) is 4.20. The highest BCUT2D eigenvalue weighted by atomic mass is 35.5. The summed E-state index contributed by atoms with van der Waals surface area (Å²) in [6.45, 7) is 0. The number of amides is 1. The first-order valence-electron chi connectivity index (χ1n) is 8.24. The van der Waals surface area contributed by atoms with E-state index in [1.807, 2.05) is 0 Å². The van der Waals surface area contributed by atoms with Crippen molar-refractivity contribution in [2.45, 2.75) is 36.6 Å². The molecule has 0 aliphatic heterocycles. The summed E-state index contributed by atoms with van der Waals surface area (Å²) in [6, 6.07) is 10.7. The van der Waals surface area contributed by atoms with E-state index in [-0.39, 0.29) is 26.9 Å². The van der Waals surface area contributed by atoms with Gasteiger partial charge in [-0.2, -0.15) is 0 Å². The maximum atomic E-state index is 12.5. The van der Waals surface area contributed by atoms with Gasteiger partial charge in [-0.15, -0.1) is 0 Å². The molecule has 2 N–H and O–H groups in total. The van der Waals surface area contributed by atoms with E-state index in [1.54, 1.807) is 18.2 Å². The van der Waals surface area contributed by atoms with E-state index in [0.29, 0.717) is 11.3 Å². The molecule has 0 unspecified atom stereocenters. The van der Waals surface area contributed by atoms with Gasteiger partial charge < -0.3 is 5.32 Å². The lowest BCUT2D eigenvalue weighted by molar-refractivity contribution is 0.0938. The summed E-state index contributed by atoms with van der Waals surface area (Å²) < 4.78 is 27.5. The highest BCUT2D eigenvalue weighted by Gasteiger charge is 2.19. The molecular weight excluding hydrogens is 395 g/mol. The molecule has 1 amide bonds. The molecular formula is C18H18Cl2N2O3S. The average Bonchev–Trinajstić information content (AvgIpc) is 3.10. The van der Waals surface area contributed by atoms with Gasteiger partial charge in [0.05, 0.1) is 14.9 Å². The first-order chi connectivity index (χ1) is 12.3. The van der Waals surface area contributed by atoms with Crippen LogP contribution in [-0.2, 0) is 10.0 Å². The zero-order valence-corrected chi connectivity index (χ0v) is 16.2. The molecule has 26 heavy (non-hydrogen) atoms. The summed E-state index contributed by atoms with van der Waals surface area (Å²) in [5.41, 5.74) is 0.710. The second-order valence-electron chi connectivity index (χ2n) is 6.22. The third-order valence-corrected chi connectivity index (χ3v) is 6.39. The zero-order valence-electron chi connectivity index (χ0n) is 13.8. The fourth-order valence-electron chi connectivity index (χ4n) is 2.92. The van der Waals surface area contributed by atoms with Crippen LogP contribution in [0.1, 0.15) is 36.0 Å². The van der Waals surface area contributed by atoms with Gasteiger partial charge in [0.25, 0.3) is 15.9 Å². The van der Waals surface area contributed by atoms with Crippen molar-refractivity contribution in [1.29, 1.82) is 0 Å². The summed E-state index contributed by atoms with van der Waals surface area (Å²) in [4.78, 5) is 12.3. The van der Waals surface area contributed by atoms with E-state index < -0.39 is 10.0 Å². The molecule has 2 aromatic carbocycles. The van der Waals surface area contributed by atoms with Crippen LogP contribution in [-0.4, -0.2) is 20.4 Å². The molecule has 8 heteroatoms. The van der Waals surface area contributed by atoms with E-state index in [0.717, 1.165) is 25.7 Å². The number of hydrogen-bond donors (Lipinski definition) is 2. The van der Waals surface area contributed by atoms with E-state index in [2.05, 4.69) is 10.0 Å². The van der Waals surface area contributed by atoms with Crippen molar-refractivity contribution in [2.24, 2.45) is 0 Å². The number of nitrogens with one attached hydrogen (secondary N) is 2. The number of halogens is 2. The summed E-state index contributed by atoms with van der Waals surface area (Å²) in [5.74, 6) is -0.201. The molecule has 5 nitrogen and oxygen atoms in total. The Hall–Kier alpha value is -1.76. The molecule has 0 spiro atoms. The van der Waals surface area contributed by atoms with Crippen molar-refractivity contribution in [1.82, 2.24) is 5.32 Å². The minimum Gasteiger partial charge on any atom is -0.349 e. The van der Waals surface area contributed by atoms with Crippen molar-refractivity contribution < 1.29 is 13.2 Å². The van der Waals surface area contributed by atoms with Crippen LogP contribution in [0.4, 0.5) is 5.69 Å². The Morgan fingerprint density at radius 1 is 1.00 bits per heavy atom. The molecule has 1 saturated carbocycles. The van der Waals surface area contributed by atoms with Crippen molar-refractivity contribution in [2.75, 3.05) is 4.72 Å². The molecule has 0 saturated heterocycles. The Bertz CT molecular complexity index is 926. The van der Waals surface area contributed by atoms with Gasteiger partial charge in [-0.25, -0.2) is 8.42 Å². The van der Waals surface area contributed by atoms with Gasteiger partial charge in [0.2, 0.25) is 0 Å². The fraction of sp³-hybridized carbons (Fsp3) is 0.278. The van der Waals surface area contributed by atoms with Crippen LogP contribution in [0.3, 0.4) is 0 Å². The van der Waals surface area contributed by atoms with Gasteiger partial charge in [0, 0.05) is 17.3 Å². The van der Waals surface area contributed by atoms with Crippen LogP contribution in [0.25, 0.3) is 0 Å². The minimum absolute atomic E-state index is 0.00675. The van der Waals surface area contributed by atoms with Gasteiger partial charge in [0.1, 0.15) is 0 Å². The van der Waals surface area contributed by atoms with Crippen molar-refractivity contribution in [3.63, 3.8) is 0 Å². The fourth-order valence-corrected chi connectivity index (χ4v) is 4.36. The molecule has 0 aromatic heterocycles. The van der Waals surface area contributed by atoms with Gasteiger partial charge in [-0.05, 0) is 49.2 Å². The quantitative estimate of drug-likeness (QED) is 0.760. The lowest BCUT2D eigenvalue weighted by atomic mass is 10.1. The average molecular weight is 413 g/mol. The highest BCUT2D eigenvalue weighted by Crippen LogP contribution is 2.26. The first kappa shape index (κ1) is 19.0. The van der Waals surface area contributed by atoms with Crippen LogP contribution in [0, 0.1) is 0 Å². The monoisotopic (exact) mass is 412 g/mol. The van der Waals surface area contributed by atoms with Crippen molar-refractivity contribution in [3.05, 3.63) is 58.1 Å². The number of benzene rings is 2.